The van der Waals surface area contributed by atoms with Gasteiger partial charge in [0.15, 0.2) is 0 Å². The number of amides is 4. The molecule has 1 aliphatic heterocycles. The van der Waals surface area contributed by atoms with Gasteiger partial charge in [0.2, 0.25) is 11.8 Å². The molecule has 9 heteroatoms. The zero-order valence-corrected chi connectivity index (χ0v) is 16.7. The molecule has 146 valence electrons. The molecule has 1 saturated heterocycles. The number of hydrogen-bond donors (Lipinski definition) is 2. The van der Waals surface area contributed by atoms with Gasteiger partial charge in [0.25, 0.3) is 0 Å². The van der Waals surface area contributed by atoms with Crippen LogP contribution in [0.2, 0.25) is 0 Å². The summed E-state index contributed by atoms with van der Waals surface area (Å²) in [7, 11) is 0. The Kier molecular flexibility index (Phi) is 6.59. The molecule has 28 heavy (non-hydrogen) atoms. The molecular formula is C19H20BrN5O3. The lowest BCUT2D eigenvalue weighted by Gasteiger charge is -2.33. The molecule has 0 unspecified atom stereocenters. The van der Waals surface area contributed by atoms with Crippen LogP contribution in [0.1, 0.15) is 5.69 Å². The van der Waals surface area contributed by atoms with E-state index in [9.17, 15) is 14.4 Å². The third kappa shape index (κ3) is 5.53. The molecule has 1 aromatic heterocycles. The van der Waals surface area contributed by atoms with Crippen LogP contribution in [0.15, 0.2) is 53.1 Å². The Morgan fingerprint density at radius 1 is 1.11 bits per heavy atom. The maximum absolute atomic E-state index is 12.3. The van der Waals surface area contributed by atoms with Gasteiger partial charge in [-0.15, -0.1) is 0 Å². The van der Waals surface area contributed by atoms with Gasteiger partial charge in [0, 0.05) is 29.4 Å². The molecule has 2 N–H and O–H groups in total. The SMILES string of the molecule is O=C(CN1CCN(C(=O)Nc2ccc(Br)cc2)CC1=O)NCc1ccccn1. The topological polar surface area (TPSA) is 94.6 Å². The van der Waals surface area contributed by atoms with Crippen molar-refractivity contribution in [1.82, 2.24) is 20.1 Å². The van der Waals surface area contributed by atoms with Gasteiger partial charge < -0.3 is 20.4 Å². The van der Waals surface area contributed by atoms with Crippen molar-refractivity contribution in [3.63, 3.8) is 0 Å². The highest BCUT2D eigenvalue weighted by molar-refractivity contribution is 9.10. The monoisotopic (exact) mass is 445 g/mol. The molecule has 2 aromatic rings. The molecule has 0 bridgehead atoms. The predicted molar refractivity (Wildman–Crippen MR) is 107 cm³/mol. The number of anilines is 1. The van der Waals surface area contributed by atoms with Crippen molar-refractivity contribution in [2.24, 2.45) is 0 Å². The minimum Gasteiger partial charge on any atom is -0.349 e. The van der Waals surface area contributed by atoms with Crippen LogP contribution >= 0.6 is 15.9 Å². The number of nitrogens with one attached hydrogen (secondary N) is 2. The molecule has 0 radical (unpaired) electrons. The summed E-state index contributed by atoms with van der Waals surface area (Å²) in [6.07, 6.45) is 1.66. The van der Waals surface area contributed by atoms with E-state index >= 15 is 0 Å². The summed E-state index contributed by atoms with van der Waals surface area (Å²) < 4.78 is 0.913. The average molecular weight is 446 g/mol. The molecule has 1 aromatic carbocycles. The van der Waals surface area contributed by atoms with Crippen LogP contribution in [-0.4, -0.2) is 58.8 Å². The summed E-state index contributed by atoms with van der Waals surface area (Å²) in [6.45, 7) is 0.887. The molecule has 0 aliphatic carbocycles. The van der Waals surface area contributed by atoms with Crippen molar-refractivity contribution >= 4 is 39.5 Å². The number of nitrogens with zero attached hydrogens (tertiary/aromatic N) is 3. The van der Waals surface area contributed by atoms with Crippen LogP contribution in [0, 0.1) is 0 Å². The zero-order valence-electron chi connectivity index (χ0n) is 15.1. The van der Waals surface area contributed by atoms with Crippen LogP contribution in [0.5, 0.6) is 0 Å². The number of carbonyl (C=O) groups excluding carboxylic acids is 3. The van der Waals surface area contributed by atoms with E-state index in [0.29, 0.717) is 25.3 Å². The highest BCUT2D eigenvalue weighted by atomic mass is 79.9. The smallest absolute Gasteiger partial charge is 0.322 e. The van der Waals surface area contributed by atoms with E-state index in [1.807, 2.05) is 24.3 Å². The number of rotatable bonds is 5. The fraction of sp³-hybridized carbons (Fsp3) is 0.263. The van der Waals surface area contributed by atoms with Gasteiger partial charge in [0.1, 0.15) is 6.54 Å². The molecule has 4 amide bonds. The number of pyridine rings is 1. The molecule has 2 heterocycles. The van der Waals surface area contributed by atoms with Gasteiger partial charge in [-0.1, -0.05) is 22.0 Å². The second-order valence-corrected chi connectivity index (χ2v) is 7.19. The first-order valence-corrected chi connectivity index (χ1v) is 9.56. The van der Waals surface area contributed by atoms with E-state index in [2.05, 4.69) is 31.5 Å². The molecule has 0 saturated carbocycles. The first-order chi connectivity index (χ1) is 13.5. The first kappa shape index (κ1) is 19.8. The first-order valence-electron chi connectivity index (χ1n) is 8.77. The second kappa shape index (κ2) is 9.32. The lowest BCUT2D eigenvalue weighted by atomic mass is 10.3. The van der Waals surface area contributed by atoms with Crippen molar-refractivity contribution in [3.05, 3.63) is 58.8 Å². The molecule has 1 fully saturated rings. The minimum atomic E-state index is -0.338. The summed E-state index contributed by atoms with van der Waals surface area (Å²) in [5, 5.41) is 5.51. The van der Waals surface area contributed by atoms with Crippen LogP contribution < -0.4 is 10.6 Å². The quantitative estimate of drug-likeness (QED) is 0.733. The summed E-state index contributed by atoms with van der Waals surface area (Å²) in [6, 6.07) is 12.3. The predicted octanol–water partition coefficient (Wildman–Crippen LogP) is 1.84. The van der Waals surface area contributed by atoms with Crippen molar-refractivity contribution in [1.29, 1.82) is 0 Å². The van der Waals surface area contributed by atoms with Crippen molar-refractivity contribution in [2.75, 3.05) is 31.5 Å². The van der Waals surface area contributed by atoms with E-state index in [0.717, 1.165) is 10.2 Å². The Hall–Kier alpha value is -2.94. The van der Waals surface area contributed by atoms with Crippen LogP contribution in [0.3, 0.4) is 0 Å². The number of halogens is 1. The third-order valence-electron chi connectivity index (χ3n) is 4.23. The van der Waals surface area contributed by atoms with Crippen LogP contribution in [0.25, 0.3) is 0 Å². The van der Waals surface area contributed by atoms with Gasteiger partial charge in [-0.25, -0.2) is 4.79 Å². The maximum atomic E-state index is 12.3. The van der Waals surface area contributed by atoms with Gasteiger partial charge >= 0.3 is 6.03 Å². The molecule has 0 atom stereocenters. The highest BCUT2D eigenvalue weighted by Gasteiger charge is 2.28. The van der Waals surface area contributed by atoms with E-state index in [-0.39, 0.29) is 30.9 Å². The Morgan fingerprint density at radius 3 is 2.57 bits per heavy atom. The Balaban J connectivity index is 1.45. The van der Waals surface area contributed by atoms with Crippen molar-refractivity contribution < 1.29 is 14.4 Å². The number of piperazine rings is 1. The summed E-state index contributed by atoms with van der Waals surface area (Å²) in [5.74, 6) is -0.517. The van der Waals surface area contributed by atoms with Gasteiger partial charge in [-0.3, -0.25) is 14.6 Å². The Morgan fingerprint density at radius 2 is 1.89 bits per heavy atom. The third-order valence-corrected chi connectivity index (χ3v) is 4.76. The summed E-state index contributed by atoms with van der Waals surface area (Å²) in [4.78, 5) is 43.8. The van der Waals surface area contributed by atoms with E-state index in [1.165, 1.54) is 9.80 Å². The van der Waals surface area contributed by atoms with E-state index in [4.69, 9.17) is 0 Å². The Bertz CT molecular complexity index is 844. The average Bonchev–Trinajstić information content (AvgIpc) is 2.70. The fourth-order valence-electron chi connectivity index (χ4n) is 2.71. The van der Waals surface area contributed by atoms with Crippen molar-refractivity contribution in [2.45, 2.75) is 6.54 Å². The number of aromatic nitrogens is 1. The number of carbonyl (C=O) groups is 3. The number of urea groups is 1. The van der Waals surface area contributed by atoms with Crippen molar-refractivity contribution in [3.8, 4) is 0 Å². The summed E-state index contributed by atoms with van der Waals surface area (Å²) in [5.41, 5.74) is 1.40. The highest BCUT2D eigenvalue weighted by Crippen LogP contribution is 2.15. The van der Waals surface area contributed by atoms with E-state index < -0.39 is 0 Å². The lowest BCUT2D eigenvalue weighted by Crippen LogP contribution is -2.55. The van der Waals surface area contributed by atoms with Gasteiger partial charge in [-0.2, -0.15) is 0 Å². The van der Waals surface area contributed by atoms with Crippen LogP contribution in [0.4, 0.5) is 10.5 Å². The van der Waals surface area contributed by atoms with Crippen LogP contribution in [-0.2, 0) is 16.1 Å². The Labute approximate surface area is 171 Å². The fourth-order valence-corrected chi connectivity index (χ4v) is 2.97. The molecule has 1 aliphatic rings. The number of hydrogen-bond acceptors (Lipinski definition) is 4. The standard InChI is InChI=1S/C19H20BrN5O3/c20-14-4-6-15(7-5-14)23-19(28)25-10-9-24(18(27)13-25)12-17(26)22-11-16-3-1-2-8-21-16/h1-8H,9-13H2,(H,22,26)(H,23,28). The van der Waals surface area contributed by atoms with Gasteiger partial charge in [-0.05, 0) is 36.4 Å². The summed E-state index contributed by atoms with van der Waals surface area (Å²) >= 11 is 3.34. The van der Waals surface area contributed by atoms with Gasteiger partial charge in [0.05, 0.1) is 18.8 Å². The molecular weight excluding hydrogens is 426 g/mol. The lowest BCUT2D eigenvalue weighted by molar-refractivity contribution is -0.139. The normalized spacial score (nSPS) is 14.0. The largest absolute Gasteiger partial charge is 0.349 e. The molecule has 8 nitrogen and oxygen atoms in total. The molecule has 3 rings (SSSR count). The van der Waals surface area contributed by atoms with E-state index in [1.54, 1.807) is 24.4 Å². The minimum absolute atomic E-state index is 0.0339. The second-order valence-electron chi connectivity index (χ2n) is 6.27. The molecule has 0 spiro atoms. The number of benzene rings is 1. The maximum Gasteiger partial charge on any atom is 0.322 e. The zero-order chi connectivity index (χ0) is 19.9.